The van der Waals surface area contributed by atoms with E-state index in [-0.39, 0.29) is 47.5 Å². The van der Waals surface area contributed by atoms with Crippen LogP contribution in [-0.2, 0) is 13.1 Å². The predicted molar refractivity (Wildman–Crippen MR) is 102 cm³/mol. The van der Waals surface area contributed by atoms with Crippen molar-refractivity contribution in [2.45, 2.75) is 19.7 Å². The average molecular weight is 477 g/mol. The van der Waals surface area contributed by atoms with Crippen LogP contribution in [0.25, 0.3) is 0 Å². The van der Waals surface area contributed by atoms with Gasteiger partial charge in [-0.15, -0.1) is 0 Å². The van der Waals surface area contributed by atoms with Crippen LogP contribution in [0.15, 0.2) is 79.1 Å². The highest BCUT2D eigenvalue weighted by Gasteiger charge is 2.13. The van der Waals surface area contributed by atoms with Gasteiger partial charge in [-0.05, 0) is 30.3 Å². The molecule has 3 aromatic rings. The Morgan fingerprint density at radius 3 is 2.30 bits per heavy atom. The molecule has 5 nitrogen and oxygen atoms in total. The molecule has 0 radical (unpaired) electrons. The van der Waals surface area contributed by atoms with Crippen LogP contribution in [0.2, 0.25) is 0 Å². The molecule has 0 unspecified atom stereocenters. The maximum atomic E-state index is 12.3. The van der Waals surface area contributed by atoms with Crippen LogP contribution in [0.4, 0.5) is 8.78 Å². The number of hydrogen-bond acceptors (Lipinski definition) is 3. The third-order valence-corrected chi connectivity index (χ3v) is 4.14. The van der Waals surface area contributed by atoms with Gasteiger partial charge in [-0.2, -0.15) is 13.3 Å². The van der Waals surface area contributed by atoms with Crippen LogP contribution in [0, 0.1) is 0 Å². The first kappa shape index (κ1) is 23.2. The van der Waals surface area contributed by atoms with E-state index in [4.69, 9.17) is 0 Å². The largest absolute Gasteiger partial charge is 1.00 e. The number of carbonyl (C=O) groups is 2. The number of benzene rings is 2. The molecule has 0 spiro atoms. The van der Waals surface area contributed by atoms with Gasteiger partial charge in [0.1, 0.15) is 5.75 Å². The lowest BCUT2D eigenvalue weighted by Crippen LogP contribution is -3.00. The highest BCUT2D eigenvalue weighted by Crippen LogP contribution is 2.15. The lowest BCUT2D eigenvalue weighted by atomic mass is 10.1. The van der Waals surface area contributed by atoms with Crippen LogP contribution in [0.1, 0.15) is 26.3 Å². The van der Waals surface area contributed by atoms with Gasteiger partial charge in [-0.25, -0.2) is 0 Å². The summed E-state index contributed by atoms with van der Waals surface area (Å²) in [4.78, 5) is 24.6. The van der Waals surface area contributed by atoms with Crippen LogP contribution in [-0.4, -0.2) is 18.3 Å². The van der Waals surface area contributed by atoms with E-state index in [9.17, 15) is 18.4 Å². The molecule has 0 aliphatic rings. The second-order valence-electron chi connectivity index (χ2n) is 6.26. The molecular weight excluding hydrogens is 458 g/mol. The number of pyridine rings is 1. The average Bonchev–Trinajstić information content (AvgIpc) is 2.73. The van der Waals surface area contributed by atoms with E-state index >= 15 is 0 Å². The normalized spacial score (nSPS) is 10.2. The number of halogens is 3. The molecule has 1 N–H and O–H groups in total. The van der Waals surface area contributed by atoms with Crippen molar-refractivity contribution in [1.29, 1.82) is 0 Å². The Labute approximate surface area is 183 Å². The number of carbonyl (C=O) groups excluding carboxylic acids is 2. The van der Waals surface area contributed by atoms with Crippen molar-refractivity contribution < 1.29 is 44.7 Å². The second kappa shape index (κ2) is 11.2. The summed E-state index contributed by atoms with van der Waals surface area (Å²) in [6.07, 6.45) is 3.58. The summed E-state index contributed by atoms with van der Waals surface area (Å²) in [6.45, 7) is -2.46. The standard InChI is InChI=1S/C22H18F2N2O3.BrH/c23-22(24)29-19-10-8-18(9-11-19)21(28)25-13-16-5-4-12-26(14-16)15-20(27)17-6-2-1-3-7-17;/h1-12,14,22H,13,15H2;1H. The van der Waals surface area contributed by atoms with Gasteiger partial charge < -0.3 is 27.0 Å². The van der Waals surface area contributed by atoms with Crippen LogP contribution < -0.4 is 31.6 Å². The molecule has 3 rings (SSSR count). The van der Waals surface area contributed by atoms with E-state index < -0.39 is 6.61 Å². The van der Waals surface area contributed by atoms with Gasteiger partial charge in [-0.3, -0.25) is 9.59 Å². The van der Waals surface area contributed by atoms with Gasteiger partial charge in [0.2, 0.25) is 12.3 Å². The number of aromatic nitrogens is 1. The Kier molecular flexibility index (Phi) is 8.61. The smallest absolute Gasteiger partial charge is 0.387 e. The summed E-state index contributed by atoms with van der Waals surface area (Å²) >= 11 is 0. The monoisotopic (exact) mass is 476 g/mol. The molecule has 8 heteroatoms. The van der Waals surface area contributed by atoms with Gasteiger partial charge in [0.25, 0.3) is 5.91 Å². The Morgan fingerprint density at radius 1 is 0.933 bits per heavy atom. The number of nitrogens with one attached hydrogen (secondary N) is 1. The number of ketones is 1. The Morgan fingerprint density at radius 2 is 1.63 bits per heavy atom. The Hall–Kier alpha value is -3.13. The van der Waals surface area contributed by atoms with Crippen molar-refractivity contribution >= 4 is 11.7 Å². The third kappa shape index (κ3) is 6.73. The molecule has 0 fully saturated rings. The van der Waals surface area contributed by atoms with E-state index in [0.717, 1.165) is 5.56 Å². The molecule has 0 saturated carbocycles. The molecule has 0 aliphatic heterocycles. The van der Waals surface area contributed by atoms with Crippen molar-refractivity contribution in [2.75, 3.05) is 0 Å². The van der Waals surface area contributed by atoms with Crippen LogP contribution >= 0.6 is 0 Å². The van der Waals surface area contributed by atoms with Gasteiger partial charge in [0.05, 0.1) is 0 Å². The quantitative estimate of drug-likeness (QED) is 0.378. The molecule has 1 heterocycles. The van der Waals surface area contributed by atoms with E-state index in [1.807, 2.05) is 24.3 Å². The molecule has 156 valence electrons. The van der Waals surface area contributed by atoms with E-state index in [0.29, 0.717) is 11.1 Å². The Bertz CT molecular complexity index is 983. The van der Waals surface area contributed by atoms with Crippen molar-refractivity contribution in [1.82, 2.24) is 5.32 Å². The van der Waals surface area contributed by atoms with Gasteiger partial charge in [0, 0.05) is 29.3 Å². The first-order valence-corrected chi connectivity index (χ1v) is 8.90. The molecule has 0 aliphatic carbocycles. The topological polar surface area (TPSA) is 59.3 Å². The Balaban J connectivity index is 0.00000320. The minimum atomic E-state index is -2.91. The van der Waals surface area contributed by atoms with Crippen LogP contribution in [0.5, 0.6) is 5.75 Å². The lowest BCUT2D eigenvalue weighted by molar-refractivity contribution is -0.683. The molecule has 1 aromatic heterocycles. The third-order valence-electron chi connectivity index (χ3n) is 4.14. The maximum Gasteiger partial charge on any atom is 0.387 e. The highest BCUT2D eigenvalue weighted by molar-refractivity contribution is 5.95. The summed E-state index contributed by atoms with van der Waals surface area (Å²) in [5.41, 5.74) is 1.78. The number of rotatable bonds is 8. The zero-order chi connectivity index (χ0) is 20.6. The fourth-order valence-electron chi connectivity index (χ4n) is 2.73. The van der Waals surface area contributed by atoms with Crippen molar-refractivity contribution in [2.24, 2.45) is 0 Å². The number of alkyl halides is 2. The summed E-state index contributed by atoms with van der Waals surface area (Å²) in [6, 6.07) is 18.1. The molecule has 2 aromatic carbocycles. The zero-order valence-corrected chi connectivity index (χ0v) is 17.4. The van der Waals surface area contributed by atoms with Gasteiger partial charge in [-0.1, -0.05) is 30.3 Å². The minimum Gasteiger partial charge on any atom is -1.00 e. The van der Waals surface area contributed by atoms with E-state index in [1.165, 1.54) is 24.3 Å². The fraction of sp³-hybridized carbons (Fsp3) is 0.136. The summed E-state index contributed by atoms with van der Waals surface area (Å²) in [5, 5.41) is 2.76. The van der Waals surface area contributed by atoms with E-state index in [2.05, 4.69) is 10.1 Å². The number of nitrogens with zero attached hydrogens (tertiary/aromatic N) is 1. The molecular formula is C22H19BrF2N2O3. The second-order valence-corrected chi connectivity index (χ2v) is 6.26. The predicted octanol–water partition coefficient (Wildman–Crippen LogP) is 0.392. The fourth-order valence-corrected chi connectivity index (χ4v) is 2.73. The minimum absolute atomic E-state index is 0. The number of ether oxygens (including phenoxy) is 1. The zero-order valence-electron chi connectivity index (χ0n) is 15.8. The molecule has 0 saturated heterocycles. The van der Waals surface area contributed by atoms with Gasteiger partial charge in [0.15, 0.2) is 12.4 Å². The molecule has 30 heavy (non-hydrogen) atoms. The van der Waals surface area contributed by atoms with Crippen LogP contribution in [0.3, 0.4) is 0 Å². The SMILES string of the molecule is O=C(C[n+]1cccc(CNC(=O)c2ccc(OC(F)F)cc2)c1)c1ccccc1.[Br-]. The maximum absolute atomic E-state index is 12.3. The van der Waals surface area contributed by atoms with Crippen molar-refractivity contribution in [3.8, 4) is 5.75 Å². The first-order valence-electron chi connectivity index (χ1n) is 8.90. The number of amides is 1. The first-order chi connectivity index (χ1) is 14.0. The molecule has 0 bridgehead atoms. The number of hydrogen-bond donors (Lipinski definition) is 1. The number of Topliss-reactive ketones (excluding diaryl/α,β-unsaturated/α-hetero) is 1. The molecule has 0 atom stereocenters. The molecule has 1 amide bonds. The summed E-state index contributed by atoms with van der Waals surface area (Å²) in [5.74, 6) is -0.365. The van der Waals surface area contributed by atoms with Gasteiger partial charge >= 0.3 is 6.61 Å². The van der Waals surface area contributed by atoms with E-state index in [1.54, 1.807) is 35.2 Å². The van der Waals surface area contributed by atoms with Crippen molar-refractivity contribution in [3.05, 3.63) is 95.8 Å². The summed E-state index contributed by atoms with van der Waals surface area (Å²) in [7, 11) is 0. The van der Waals surface area contributed by atoms with Crippen molar-refractivity contribution in [3.63, 3.8) is 0 Å². The summed E-state index contributed by atoms with van der Waals surface area (Å²) < 4.78 is 30.4. The highest BCUT2D eigenvalue weighted by atomic mass is 79.9. The lowest BCUT2D eigenvalue weighted by Gasteiger charge is -2.07.